The SMILES string of the molecule is Cc1ccc(Sc2ccc(CCN)c(C)c2)cc1. The normalized spacial score (nSPS) is 10.6. The highest BCUT2D eigenvalue weighted by atomic mass is 32.2. The third-order valence-electron chi connectivity index (χ3n) is 2.98. The molecule has 18 heavy (non-hydrogen) atoms. The van der Waals surface area contributed by atoms with Crippen molar-refractivity contribution in [2.24, 2.45) is 5.73 Å². The molecule has 2 aromatic rings. The molecule has 0 fully saturated rings. The number of hydrogen-bond donors (Lipinski definition) is 1. The fraction of sp³-hybridized carbons (Fsp3) is 0.250. The van der Waals surface area contributed by atoms with E-state index in [1.807, 2.05) is 0 Å². The van der Waals surface area contributed by atoms with Gasteiger partial charge in [0.2, 0.25) is 0 Å². The predicted molar refractivity (Wildman–Crippen MR) is 79.2 cm³/mol. The van der Waals surface area contributed by atoms with Gasteiger partial charge >= 0.3 is 0 Å². The fourth-order valence-corrected chi connectivity index (χ4v) is 2.83. The van der Waals surface area contributed by atoms with E-state index in [2.05, 4.69) is 56.3 Å². The summed E-state index contributed by atoms with van der Waals surface area (Å²) in [7, 11) is 0. The summed E-state index contributed by atoms with van der Waals surface area (Å²) in [6, 6.07) is 15.3. The van der Waals surface area contributed by atoms with Gasteiger partial charge in [0.25, 0.3) is 0 Å². The van der Waals surface area contributed by atoms with Crippen molar-refractivity contribution in [2.45, 2.75) is 30.1 Å². The minimum absolute atomic E-state index is 0.714. The molecule has 0 heterocycles. The van der Waals surface area contributed by atoms with E-state index in [1.165, 1.54) is 26.5 Å². The van der Waals surface area contributed by atoms with Gasteiger partial charge in [0.15, 0.2) is 0 Å². The highest BCUT2D eigenvalue weighted by Crippen LogP contribution is 2.29. The van der Waals surface area contributed by atoms with Gasteiger partial charge in [-0.2, -0.15) is 0 Å². The van der Waals surface area contributed by atoms with Gasteiger partial charge in [0.05, 0.1) is 0 Å². The van der Waals surface area contributed by atoms with E-state index in [1.54, 1.807) is 11.8 Å². The second-order valence-electron chi connectivity index (χ2n) is 4.54. The van der Waals surface area contributed by atoms with Gasteiger partial charge in [-0.15, -0.1) is 0 Å². The van der Waals surface area contributed by atoms with E-state index >= 15 is 0 Å². The first-order valence-corrected chi connectivity index (χ1v) is 7.05. The molecule has 0 bridgehead atoms. The van der Waals surface area contributed by atoms with Gasteiger partial charge in [0.1, 0.15) is 0 Å². The fourth-order valence-electron chi connectivity index (χ4n) is 1.91. The van der Waals surface area contributed by atoms with Crippen LogP contribution in [0.15, 0.2) is 52.3 Å². The second-order valence-corrected chi connectivity index (χ2v) is 5.69. The van der Waals surface area contributed by atoms with Crippen LogP contribution < -0.4 is 5.73 Å². The summed E-state index contributed by atoms with van der Waals surface area (Å²) in [6.07, 6.45) is 0.960. The van der Waals surface area contributed by atoms with Crippen LogP contribution in [0.2, 0.25) is 0 Å². The van der Waals surface area contributed by atoms with Crippen LogP contribution in [0.4, 0.5) is 0 Å². The Kier molecular flexibility index (Phi) is 4.45. The zero-order chi connectivity index (χ0) is 13.0. The Labute approximate surface area is 113 Å². The van der Waals surface area contributed by atoms with Crippen LogP contribution in [0.25, 0.3) is 0 Å². The van der Waals surface area contributed by atoms with Crippen LogP contribution in [0, 0.1) is 13.8 Å². The average Bonchev–Trinajstić information content (AvgIpc) is 2.36. The molecule has 0 unspecified atom stereocenters. The zero-order valence-electron chi connectivity index (χ0n) is 10.9. The second kappa shape index (κ2) is 6.07. The smallest absolute Gasteiger partial charge is 0.0125 e. The molecule has 0 atom stereocenters. The van der Waals surface area contributed by atoms with Crippen LogP contribution in [0.1, 0.15) is 16.7 Å². The maximum Gasteiger partial charge on any atom is 0.0125 e. The Morgan fingerprint density at radius 2 is 1.61 bits per heavy atom. The van der Waals surface area contributed by atoms with E-state index < -0.39 is 0 Å². The van der Waals surface area contributed by atoms with Crippen LogP contribution in [0.3, 0.4) is 0 Å². The Bertz CT molecular complexity index is 517. The summed E-state index contributed by atoms with van der Waals surface area (Å²) in [4.78, 5) is 2.57. The van der Waals surface area contributed by atoms with Crippen LogP contribution in [0.5, 0.6) is 0 Å². The van der Waals surface area contributed by atoms with Crippen molar-refractivity contribution in [3.8, 4) is 0 Å². The maximum absolute atomic E-state index is 5.60. The number of aryl methyl sites for hydroxylation is 2. The predicted octanol–water partition coefficient (Wildman–Crippen LogP) is 3.96. The van der Waals surface area contributed by atoms with Gasteiger partial charge in [-0.05, 0) is 62.2 Å². The van der Waals surface area contributed by atoms with Crippen molar-refractivity contribution in [1.82, 2.24) is 0 Å². The quantitative estimate of drug-likeness (QED) is 0.897. The highest BCUT2D eigenvalue weighted by Gasteiger charge is 2.01. The van der Waals surface area contributed by atoms with E-state index in [-0.39, 0.29) is 0 Å². The summed E-state index contributed by atoms with van der Waals surface area (Å²) >= 11 is 1.81. The number of benzene rings is 2. The number of hydrogen-bond acceptors (Lipinski definition) is 2. The Morgan fingerprint density at radius 1 is 0.944 bits per heavy atom. The molecular weight excluding hydrogens is 238 g/mol. The van der Waals surface area contributed by atoms with Crippen molar-refractivity contribution < 1.29 is 0 Å². The van der Waals surface area contributed by atoms with Gasteiger partial charge in [-0.1, -0.05) is 35.5 Å². The lowest BCUT2D eigenvalue weighted by molar-refractivity contribution is 0.954. The molecule has 2 aromatic carbocycles. The monoisotopic (exact) mass is 257 g/mol. The van der Waals surface area contributed by atoms with Crippen molar-refractivity contribution >= 4 is 11.8 Å². The van der Waals surface area contributed by atoms with Crippen molar-refractivity contribution in [2.75, 3.05) is 6.54 Å². The maximum atomic E-state index is 5.60. The van der Waals surface area contributed by atoms with Gasteiger partial charge < -0.3 is 5.73 Å². The van der Waals surface area contributed by atoms with Gasteiger partial charge in [0, 0.05) is 9.79 Å². The molecule has 0 amide bonds. The third kappa shape index (κ3) is 3.37. The van der Waals surface area contributed by atoms with Crippen molar-refractivity contribution in [1.29, 1.82) is 0 Å². The molecule has 0 aliphatic carbocycles. The molecule has 0 aliphatic heterocycles. The molecule has 2 heteroatoms. The molecule has 1 nitrogen and oxygen atoms in total. The van der Waals surface area contributed by atoms with Crippen LogP contribution >= 0.6 is 11.8 Å². The molecule has 2 rings (SSSR count). The topological polar surface area (TPSA) is 26.0 Å². The summed E-state index contributed by atoms with van der Waals surface area (Å²) < 4.78 is 0. The summed E-state index contributed by atoms with van der Waals surface area (Å²) in [5.41, 5.74) is 9.58. The lowest BCUT2D eigenvalue weighted by Crippen LogP contribution is -2.03. The standard InChI is InChI=1S/C16H19NS/c1-12-3-6-15(7-4-12)18-16-8-5-14(9-10-17)13(2)11-16/h3-8,11H,9-10,17H2,1-2H3. The Balaban J connectivity index is 2.14. The Hall–Kier alpha value is -1.25. The van der Waals surface area contributed by atoms with E-state index in [0.717, 1.165) is 6.42 Å². The molecule has 0 spiro atoms. The Morgan fingerprint density at radius 3 is 2.22 bits per heavy atom. The molecule has 0 saturated carbocycles. The average molecular weight is 257 g/mol. The minimum atomic E-state index is 0.714. The zero-order valence-corrected chi connectivity index (χ0v) is 11.8. The molecular formula is C16H19NS. The van der Waals surface area contributed by atoms with E-state index in [4.69, 9.17) is 5.73 Å². The van der Waals surface area contributed by atoms with Crippen molar-refractivity contribution in [3.63, 3.8) is 0 Å². The van der Waals surface area contributed by atoms with Crippen molar-refractivity contribution in [3.05, 3.63) is 59.2 Å². The first-order chi connectivity index (χ1) is 8.69. The van der Waals surface area contributed by atoms with Gasteiger partial charge in [-0.25, -0.2) is 0 Å². The largest absolute Gasteiger partial charge is 0.330 e. The van der Waals surface area contributed by atoms with Crippen LogP contribution in [-0.2, 0) is 6.42 Å². The first kappa shape index (κ1) is 13.2. The first-order valence-electron chi connectivity index (χ1n) is 6.23. The summed E-state index contributed by atoms with van der Waals surface area (Å²) in [5.74, 6) is 0. The highest BCUT2D eigenvalue weighted by molar-refractivity contribution is 7.99. The lowest BCUT2D eigenvalue weighted by Gasteiger charge is -2.07. The summed E-state index contributed by atoms with van der Waals surface area (Å²) in [5, 5.41) is 0. The van der Waals surface area contributed by atoms with E-state index in [9.17, 15) is 0 Å². The van der Waals surface area contributed by atoms with E-state index in [0.29, 0.717) is 6.54 Å². The summed E-state index contributed by atoms with van der Waals surface area (Å²) in [6.45, 7) is 4.98. The minimum Gasteiger partial charge on any atom is -0.330 e. The molecule has 0 radical (unpaired) electrons. The molecule has 0 saturated heterocycles. The molecule has 0 aliphatic rings. The van der Waals surface area contributed by atoms with Gasteiger partial charge in [-0.3, -0.25) is 0 Å². The lowest BCUT2D eigenvalue weighted by atomic mass is 10.1. The molecule has 0 aromatic heterocycles. The number of rotatable bonds is 4. The van der Waals surface area contributed by atoms with Crippen LogP contribution in [-0.4, -0.2) is 6.54 Å². The molecule has 2 N–H and O–H groups in total. The number of nitrogens with two attached hydrogens (primary N) is 1. The molecule has 94 valence electrons. The third-order valence-corrected chi connectivity index (χ3v) is 3.98.